The normalized spacial score (nSPS) is 16.6. The molecular weight excluding hydrogens is 310 g/mol. The number of benzene rings is 1. The van der Waals surface area contributed by atoms with E-state index in [-0.39, 0.29) is 30.6 Å². The lowest BCUT2D eigenvalue weighted by atomic mass is 10.2. The summed E-state index contributed by atoms with van der Waals surface area (Å²) in [6.45, 7) is 0.203. The predicted octanol–water partition coefficient (Wildman–Crippen LogP) is 2.16. The van der Waals surface area contributed by atoms with Gasteiger partial charge in [0.1, 0.15) is 10.1 Å². The molecule has 1 aromatic rings. The van der Waals surface area contributed by atoms with Gasteiger partial charge in [0.05, 0.1) is 18.4 Å². The Balaban J connectivity index is 2.12. The number of hydrogen-bond acceptors (Lipinski definition) is 6. The van der Waals surface area contributed by atoms with Gasteiger partial charge in [0.25, 0.3) is 5.91 Å². The quantitative estimate of drug-likeness (QED) is 0.520. The number of rotatable bonds is 4. The van der Waals surface area contributed by atoms with Crippen LogP contribution in [0.4, 0.5) is 0 Å². The molecule has 2 rings (SSSR count). The molecule has 0 unspecified atom stereocenters. The number of methoxy groups -OCH3 is 1. The first kappa shape index (κ1) is 15.5. The van der Waals surface area contributed by atoms with Gasteiger partial charge in [-0.05, 0) is 23.8 Å². The molecule has 7 heteroatoms. The molecule has 1 fully saturated rings. The van der Waals surface area contributed by atoms with Gasteiger partial charge in [-0.15, -0.1) is 0 Å². The van der Waals surface area contributed by atoms with Crippen LogP contribution in [0.5, 0.6) is 5.75 Å². The van der Waals surface area contributed by atoms with E-state index >= 15 is 0 Å². The first-order valence-electron chi connectivity index (χ1n) is 6.12. The summed E-state index contributed by atoms with van der Waals surface area (Å²) >= 11 is 6.33. The Bertz CT molecular complexity index is 627. The number of thiocarbonyl (C=S) groups is 1. The van der Waals surface area contributed by atoms with Crippen molar-refractivity contribution in [1.29, 1.82) is 0 Å². The second-order valence-corrected chi connectivity index (χ2v) is 5.93. The van der Waals surface area contributed by atoms with Crippen LogP contribution in [0.1, 0.15) is 12.0 Å². The summed E-state index contributed by atoms with van der Waals surface area (Å²) in [5.74, 6) is -0.497. The third kappa shape index (κ3) is 3.83. The second-order valence-electron chi connectivity index (χ2n) is 4.25. The zero-order chi connectivity index (χ0) is 15.4. The lowest BCUT2D eigenvalue weighted by Crippen LogP contribution is -2.30. The number of carbonyl (C=O) groups is 2. The maximum Gasteiger partial charge on any atom is 0.307 e. The van der Waals surface area contributed by atoms with E-state index in [4.69, 9.17) is 12.2 Å². The zero-order valence-corrected chi connectivity index (χ0v) is 12.9. The molecule has 1 aromatic carbocycles. The number of aromatic hydroxyl groups is 1. The molecule has 1 saturated heterocycles. The minimum absolute atomic E-state index is 0.0995. The van der Waals surface area contributed by atoms with Crippen LogP contribution in [0.3, 0.4) is 0 Å². The lowest BCUT2D eigenvalue weighted by Gasteiger charge is -2.12. The van der Waals surface area contributed by atoms with Gasteiger partial charge in [-0.3, -0.25) is 14.5 Å². The number of nitrogens with zero attached hydrogens (tertiary/aromatic N) is 1. The van der Waals surface area contributed by atoms with Crippen LogP contribution in [0, 0.1) is 0 Å². The topological polar surface area (TPSA) is 66.8 Å². The molecule has 21 heavy (non-hydrogen) atoms. The highest BCUT2D eigenvalue weighted by atomic mass is 32.2. The summed E-state index contributed by atoms with van der Waals surface area (Å²) in [5, 5.41) is 9.42. The molecule has 1 amide bonds. The summed E-state index contributed by atoms with van der Waals surface area (Å²) in [6.07, 6.45) is 1.76. The number of thioether (sulfide) groups is 1. The first-order chi connectivity index (χ1) is 10.0. The fourth-order valence-electron chi connectivity index (χ4n) is 1.76. The van der Waals surface area contributed by atoms with Crippen molar-refractivity contribution >= 4 is 46.3 Å². The van der Waals surface area contributed by atoms with Gasteiger partial charge in [0.2, 0.25) is 0 Å². The number of ether oxygens (including phenoxy) is 1. The maximum atomic E-state index is 12.2. The predicted molar refractivity (Wildman–Crippen MR) is 84.6 cm³/mol. The fraction of sp³-hybridized carbons (Fsp3) is 0.214. The molecule has 1 aliphatic heterocycles. The van der Waals surface area contributed by atoms with Crippen molar-refractivity contribution < 1.29 is 19.4 Å². The molecule has 0 saturated carbocycles. The Labute approximate surface area is 131 Å². The molecule has 0 atom stereocenters. The molecule has 0 aromatic heterocycles. The van der Waals surface area contributed by atoms with Gasteiger partial charge in [-0.25, -0.2) is 0 Å². The average Bonchev–Trinajstić information content (AvgIpc) is 2.71. The largest absolute Gasteiger partial charge is 0.508 e. The minimum atomic E-state index is -0.388. The van der Waals surface area contributed by atoms with Crippen LogP contribution in [0.15, 0.2) is 29.2 Å². The highest BCUT2D eigenvalue weighted by Crippen LogP contribution is 2.32. The molecule has 5 nitrogen and oxygen atoms in total. The number of phenols is 1. The van der Waals surface area contributed by atoms with Gasteiger partial charge < -0.3 is 9.84 Å². The van der Waals surface area contributed by atoms with Crippen molar-refractivity contribution in [1.82, 2.24) is 4.90 Å². The van der Waals surface area contributed by atoms with Crippen LogP contribution in [-0.4, -0.2) is 39.9 Å². The van der Waals surface area contributed by atoms with Crippen molar-refractivity contribution in [3.8, 4) is 5.75 Å². The number of phenolic OH excluding ortho intramolecular Hbond substituents is 1. The molecule has 0 radical (unpaired) electrons. The summed E-state index contributed by atoms with van der Waals surface area (Å²) < 4.78 is 4.96. The molecule has 0 aliphatic carbocycles. The summed E-state index contributed by atoms with van der Waals surface area (Å²) in [6, 6.07) is 6.58. The minimum Gasteiger partial charge on any atom is -0.508 e. The standard InChI is InChI=1S/C14H13NO4S2/c1-19-12(17)5-6-15-13(18)11(21-14(15)20)8-9-3-2-4-10(16)7-9/h2-4,7-8,16H,5-6H2,1H3/b11-8+. The molecule has 1 heterocycles. The first-order valence-corrected chi connectivity index (χ1v) is 7.35. The third-order valence-electron chi connectivity index (χ3n) is 2.81. The highest BCUT2D eigenvalue weighted by molar-refractivity contribution is 8.26. The highest BCUT2D eigenvalue weighted by Gasteiger charge is 2.32. The molecular formula is C14H13NO4S2. The Morgan fingerprint density at radius 1 is 1.52 bits per heavy atom. The van der Waals surface area contributed by atoms with Crippen LogP contribution in [0.25, 0.3) is 6.08 Å². The molecule has 0 spiro atoms. The van der Waals surface area contributed by atoms with Crippen molar-refractivity contribution in [2.75, 3.05) is 13.7 Å². The summed E-state index contributed by atoms with van der Waals surface area (Å²) in [7, 11) is 1.30. The van der Waals surface area contributed by atoms with E-state index in [1.807, 2.05) is 0 Å². The number of esters is 1. The average molecular weight is 323 g/mol. The summed E-state index contributed by atoms with van der Waals surface area (Å²) in [4.78, 5) is 25.2. The van der Waals surface area contributed by atoms with E-state index in [0.717, 1.165) is 0 Å². The smallest absolute Gasteiger partial charge is 0.307 e. The second kappa shape index (κ2) is 6.73. The van der Waals surface area contributed by atoms with E-state index in [1.165, 1.54) is 23.8 Å². The van der Waals surface area contributed by atoms with E-state index in [9.17, 15) is 14.7 Å². The molecule has 1 aliphatic rings. The van der Waals surface area contributed by atoms with E-state index in [2.05, 4.69) is 4.74 Å². The molecule has 1 N–H and O–H groups in total. The van der Waals surface area contributed by atoms with Gasteiger partial charge in [-0.1, -0.05) is 36.1 Å². The SMILES string of the molecule is COC(=O)CCN1C(=O)/C(=C\c2cccc(O)c2)SC1=S. The lowest BCUT2D eigenvalue weighted by molar-refractivity contribution is -0.140. The van der Waals surface area contributed by atoms with Gasteiger partial charge in [-0.2, -0.15) is 0 Å². The Morgan fingerprint density at radius 3 is 2.95 bits per heavy atom. The van der Waals surface area contributed by atoms with Gasteiger partial charge in [0, 0.05) is 6.54 Å². The van der Waals surface area contributed by atoms with Crippen molar-refractivity contribution in [2.24, 2.45) is 0 Å². The molecule has 110 valence electrons. The summed E-state index contributed by atoms with van der Waals surface area (Å²) in [5.41, 5.74) is 0.712. The van der Waals surface area contributed by atoms with Crippen LogP contribution in [-0.2, 0) is 14.3 Å². The van der Waals surface area contributed by atoms with Crippen molar-refractivity contribution in [3.63, 3.8) is 0 Å². The van der Waals surface area contributed by atoms with Crippen LogP contribution in [0.2, 0.25) is 0 Å². The van der Waals surface area contributed by atoms with Gasteiger partial charge in [0.15, 0.2) is 0 Å². The monoisotopic (exact) mass is 323 g/mol. The third-order valence-corrected chi connectivity index (χ3v) is 4.19. The van der Waals surface area contributed by atoms with E-state index < -0.39 is 0 Å². The molecule has 0 bridgehead atoms. The number of amides is 1. The van der Waals surface area contributed by atoms with Crippen LogP contribution >= 0.6 is 24.0 Å². The van der Waals surface area contributed by atoms with E-state index in [0.29, 0.717) is 14.8 Å². The Kier molecular flexibility index (Phi) is 4.98. The fourth-order valence-corrected chi connectivity index (χ4v) is 3.07. The zero-order valence-electron chi connectivity index (χ0n) is 11.2. The van der Waals surface area contributed by atoms with Crippen molar-refractivity contribution in [2.45, 2.75) is 6.42 Å². The van der Waals surface area contributed by atoms with Crippen LogP contribution < -0.4 is 0 Å². The number of hydrogen-bond donors (Lipinski definition) is 1. The van der Waals surface area contributed by atoms with Crippen molar-refractivity contribution in [3.05, 3.63) is 34.7 Å². The number of carbonyl (C=O) groups excluding carboxylic acids is 2. The maximum absolute atomic E-state index is 12.2. The Hall–Kier alpha value is -1.86. The van der Waals surface area contributed by atoms with Gasteiger partial charge >= 0.3 is 5.97 Å². The van der Waals surface area contributed by atoms with E-state index in [1.54, 1.807) is 30.3 Å². The Morgan fingerprint density at radius 2 is 2.29 bits per heavy atom.